The van der Waals surface area contributed by atoms with E-state index in [1.165, 1.54) is 4.90 Å². The zero-order valence-corrected chi connectivity index (χ0v) is 10.2. The number of rotatable bonds is 3. The van der Waals surface area contributed by atoms with Gasteiger partial charge in [0.15, 0.2) is 0 Å². The molecule has 16 heavy (non-hydrogen) atoms. The topological polar surface area (TPSA) is 37.4 Å². The molecule has 82 valence electrons. The van der Waals surface area contributed by atoms with E-state index < -0.39 is 11.7 Å². The SMILES string of the molecule is C=CCCN1C(=O)C(=O)c2c(Br)cccc21. The molecule has 0 saturated carbocycles. The van der Waals surface area contributed by atoms with E-state index >= 15 is 0 Å². The number of carbonyl (C=O) groups excluding carboxylic acids is 2. The van der Waals surface area contributed by atoms with Gasteiger partial charge in [-0.25, -0.2) is 0 Å². The van der Waals surface area contributed by atoms with Gasteiger partial charge in [0, 0.05) is 11.0 Å². The van der Waals surface area contributed by atoms with Gasteiger partial charge in [-0.3, -0.25) is 9.59 Å². The van der Waals surface area contributed by atoms with Crippen LogP contribution in [0.1, 0.15) is 16.8 Å². The van der Waals surface area contributed by atoms with Gasteiger partial charge < -0.3 is 4.90 Å². The Labute approximate surface area is 102 Å². The fourth-order valence-electron chi connectivity index (χ4n) is 1.74. The number of hydrogen-bond donors (Lipinski definition) is 0. The van der Waals surface area contributed by atoms with E-state index in [9.17, 15) is 9.59 Å². The summed E-state index contributed by atoms with van der Waals surface area (Å²) < 4.78 is 0.671. The van der Waals surface area contributed by atoms with E-state index in [0.717, 1.165) is 0 Å². The van der Waals surface area contributed by atoms with Crippen LogP contribution in [0.15, 0.2) is 35.3 Å². The number of amides is 1. The average Bonchev–Trinajstić information content (AvgIpc) is 2.51. The van der Waals surface area contributed by atoms with Crippen LogP contribution in [0.3, 0.4) is 0 Å². The number of nitrogens with zero attached hydrogens (tertiary/aromatic N) is 1. The summed E-state index contributed by atoms with van der Waals surface area (Å²) >= 11 is 3.29. The zero-order chi connectivity index (χ0) is 11.7. The first-order valence-corrected chi connectivity index (χ1v) is 5.71. The Kier molecular flexibility index (Phi) is 2.92. The number of Topliss-reactive ketones (excluding diaryl/α,β-unsaturated/α-hetero) is 1. The largest absolute Gasteiger partial charge is 0.304 e. The number of fused-ring (bicyclic) bond motifs is 1. The van der Waals surface area contributed by atoms with Crippen molar-refractivity contribution >= 4 is 33.3 Å². The predicted molar refractivity (Wildman–Crippen MR) is 65.6 cm³/mol. The summed E-state index contributed by atoms with van der Waals surface area (Å²) in [6.07, 6.45) is 2.40. The van der Waals surface area contributed by atoms with Crippen LogP contribution in [0.5, 0.6) is 0 Å². The first-order chi connectivity index (χ1) is 7.66. The van der Waals surface area contributed by atoms with Crippen LogP contribution < -0.4 is 4.90 Å². The standard InChI is InChI=1S/C12H10BrNO2/c1-2-3-7-14-9-6-4-5-8(13)10(9)11(15)12(14)16/h2,4-6H,1,3,7H2. The second kappa shape index (κ2) is 4.22. The van der Waals surface area contributed by atoms with Crippen LogP contribution in [0.2, 0.25) is 0 Å². The van der Waals surface area contributed by atoms with Crippen molar-refractivity contribution in [1.29, 1.82) is 0 Å². The third-order valence-electron chi connectivity index (χ3n) is 2.51. The lowest BCUT2D eigenvalue weighted by molar-refractivity contribution is -0.114. The van der Waals surface area contributed by atoms with Gasteiger partial charge in [-0.1, -0.05) is 12.1 Å². The molecule has 4 heteroatoms. The molecule has 0 bridgehead atoms. The van der Waals surface area contributed by atoms with E-state index in [-0.39, 0.29) is 0 Å². The first kappa shape index (κ1) is 11.1. The van der Waals surface area contributed by atoms with Crippen LogP contribution in [0, 0.1) is 0 Å². The minimum atomic E-state index is -0.455. The van der Waals surface area contributed by atoms with Crippen molar-refractivity contribution in [2.75, 3.05) is 11.4 Å². The van der Waals surface area contributed by atoms with Crippen LogP contribution in [0.4, 0.5) is 5.69 Å². The highest BCUT2D eigenvalue weighted by Gasteiger charge is 2.36. The molecular weight excluding hydrogens is 270 g/mol. The van der Waals surface area contributed by atoms with Crippen LogP contribution in [-0.2, 0) is 4.79 Å². The Hall–Kier alpha value is -1.42. The molecule has 0 radical (unpaired) electrons. The van der Waals surface area contributed by atoms with Crippen molar-refractivity contribution in [3.05, 3.63) is 40.9 Å². The number of halogens is 1. The summed E-state index contributed by atoms with van der Waals surface area (Å²) in [4.78, 5) is 25.0. The van der Waals surface area contributed by atoms with Crippen molar-refractivity contribution in [2.24, 2.45) is 0 Å². The monoisotopic (exact) mass is 279 g/mol. The number of anilines is 1. The van der Waals surface area contributed by atoms with Crippen LogP contribution >= 0.6 is 15.9 Å². The molecule has 1 amide bonds. The van der Waals surface area contributed by atoms with E-state index in [4.69, 9.17) is 0 Å². The molecule has 0 N–H and O–H groups in total. The predicted octanol–water partition coefficient (Wildman–Crippen LogP) is 2.55. The van der Waals surface area contributed by atoms with Gasteiger partial charge in [0.25, 0.3) is 11.7 Å². The van der Waals surface area contributed by atoms with Crippen LogP contribution in [0.25, 0.3) is 0 Å². The molecule has 0 spiro atoms. The van der Waals surface area contributed by atoms with Gasteiger partial charge in [-0.15, -0.1) is 6.58 Å². The first-order valence-electron chi connectivity index (χ1n) is 4.92. The quantitative estimate of drug-likeness (QED) is 0.630. The van der Waals surface area contributed by atoms with Crippen molar-refractivity contribution in [1.82, 2.24) is 0 Å². The summed E-state index contributed by atoms with van der Waals surface area (Å²) in [5.74, 6) is -0.893. The van der Waals surface area contributed by atoms with Gasteiger partial charge in [0.2, 0.25) is 0 Å². The molecule has 0 unspecified atom stereocenters. The van der Waals surface area contributed by atoms with Gasteiger partial charge in [0.1, 0.15) is 0 Å². The number of carbonyl (C=O) groups is 2. The molecule has 3 nitrogen and oxygen atoms in total. The Morgan fingerprint density at radius 3 is 2.81 bits per heavy atom. The molecule has 1 aliphatic heterocycles. The molecule has 0 atom stereocenters. The van der Waals surface area contributed by atoms with Crippen molar-refractivity contribution in [2.45, 2.75) is 6.42 Å². The number of benzene rings is 1. The Morgan fingerprint density at radius 1 is 1.38 bits per heavy atom. The lowest BCUT2D eigenvalue weighted by Crippen LogP contribution is -2.30. The molecule has 0 aromatic heterocycles. The summed E-state index contributed by atoms with van der Waals surface area (Å²) in [6, 6.07) is 5.36. The third-order valence-corrected chi connectivity index (χ3v) is 3.17. The van der Waals surface area contributed by atoms with E-state index in [2.05, 4.69) is 22.5 Å². The number of hydrogen-bond acceptors (Lipinski definition) is 2. The Bertz CT molecular complexity index is 482. The summed E-state index contributed by atoms with van der Waals surface area (Å²) in [7, 11) is 0. The molecule has 0 aliphatic carbocycles. The maximum absolute atomic E-state index is 11.7. The van der Waals surface area contributed by atoms with E-state index in [1.54, 1.807) is 18.2 Å². The molecule has 0 saturated heterocycles. The highest BCUT2D eigenvalue weighted by molar-refractivity contribution is 9.10. The lowest BCUT2D eigenvalue weighted by Gasteiger charge is -2.14. The summed E-state index contributed by atoms with van der Waals surface area (Å²) in [5, 5.41) is 0. The Morgan fingerprint density at radius 2 is 2.12 bits per heavy atom. The molecule has 1 heterocycles. The van der Waals surface area contributed by atoms with Gasteiger partial charge in [-0.2, -0.15) is 0 Å². The zero-order valence-electron chi connectivity index (χ0n) is 8.57. The van der Waals surface area contributed by atoms with Gasteiger partial charge in [-0.05, 0) is 34.5 Å². The molecule has 1 aromatic rings. The molecule has 1 aromatic carbocycles. The fraction of sp³-hybridized carbons (Fsp3) is 0.167. The highest BCUT2D eigenvalue weighted by atomic mass is 79.9. The summed E-state index contributed by atoms with van der Waals surface area (Å²) in [5.41, 5.74) is 1.16. The second-order valence-electron chi connectivity index (χ2n) is 3.50. The van der Waals surface area contributed by atoms with Crippen LogP contribution in [-0.4, -0.2) is 18.2 Å². The third kappa shape index (κ3) is 1.59. The normalized spacial score (nSPS) is 14.2. The molecule has 2 rings (SSSR count). The molecule has 0 fully saturated rings. The maximum Gasteiger partial charge on any atom is 0.299 e. The van der Waals surface area contributed by atoms with Crippen molar-refractivity contribution < 1.29 is 9.59 Å². The fourth-order valence-corrected chi connectivity index (χ4v) is 2.28. The highest BCUT2D eigenvalue weighted by Crippen LogP contribution is 2.34. The van der Waals surface area contributed by atoms with Crippen molar-refractivity contribution in [3.8, 4) is 0 Å². The Balaban J connectivity index is 2.46. The maximum atomic E-state index is 11.7. The molecule has 1 aliphatic rings. The van der Waals surface area contributed by atoms with Gasteiger partial charge >= 0.3 is 0 Å². The second-order valence-corrected chi connectivity index (χ2v) is 4.35. The minimum Gasteiger partial charge on any atom is -0.304 e. The van der Waals surface area contributed by atoms with E-state index in [1.807, 2.05) is 6.07 Å². The summed E-state index contributed by atoms with van der Waals surface area (Å²) in [6.45, 7) is 4.10. The number of ketones is 1. The average molecular weight is 280 g/mol. The lowest BCUT2D eigenvalue weighted by atomic mass is 10.1. The van der Waals surface area contributed by atoms with Gasteiger partial charge in [0.05, 0.1) is 11.3 Å². The van der Waals surface area contributed by atoms with Crippen molar-refractivity contribution in [3.63, 3.8) is 0 Å². The smallest absolute Gasteiger partial charge is 0.299 e. The molecular formula is C12H10BrNO2. The minimum absolute atomic E-state index is 0.438. The van der Waals surface area contributed by atoms with E-state index in [0.29, 0.717) is 28.7 Å².